The number of thioether (sulfide) groups is 1. The van der Waals surface area contributed by atoms with E-state index in [1.807, 2.05) is 24.3 Å². The Morgan fingerprint density at radius 3 is 2.53 bits per heavy atom. The number of carbonyl (C=O) groups excluding carboxylic acids is 1. The first-order chi connectivity index (χ1) is 16.2. The molecule has 8 nitrogen and oxygen atoms in total. The van der Waals surface area contributed by atoms with Crippen molar-refractivity contribution in [3.8, 4) is 11.5 Å². The molecule has 1 aromatic heterocycles. The van der Waals surface area contributed by atoms with E-state index in [4.69, 9.17) is 16.0 Å². The molecule has 2 aromatic carbocycles. The van der Waals surface area contributed by atoms with Crippen LogP contribution in [0.2, 0.25) is 5.02 Å². The monoisotopic (exact) mass is 520 g/mol. The Kier molecular flexibility index (Phi) is 7.61. The first-order valence-corrected chi connectivity index (χ1v) is 13.6. The molecule has 4 rings (SSSR count). The number of amides is 1. The first kappa shape index (κ1) is 24.7. The molecule has 0 radical (unpaired) electrons. The molecule has 1 aliphatic rings. The predicted molar refractivity (Wildman–Crippen MR) is 132 cm³/mol. The number of aromatic nitrogens is 2. The molecule has 34 heavy (non-hydrogen) atoms. The molecule has 1 amide bonds. The Morgan fingerprint density at radius 1 is 1.15 bits per heavy atom. The van der Waals surface area contributed by atoms with Crippen LogP contribution in [0.25, 0.3) is 11.5 Å². The molecule has 0 bridgehead atoms. The van der Waals surface area contributed by atoms with Gasteiger partial charge in [0.2, 0.25) is 21.8 Å². The van der Waals surface area contributed by atoms with E-state index >= 15 is 0 Å². The Morgan fingerprint density at radius 2 is 1.85 bits per heavy atom. The molecule has 180 valence electrons. The molecule has 2 heterocycles. The van der Waals surface area contributed by atoms with Crippen LogP contribution in [0.4, 0.5) is 6.01 Å². The second-order valence-electron chi connectivity index (χ2n) is 8.23. The van der Waals surface area contributed by atoms with Crippen molar-refractivity contribution < 1.29 is 17.6 Å². The molecule has 0 unspecified atom stereocenters. The lowest BCUT2D eigenvalue weighted by atomic mass is 9.97. The minimum atomic E-state index is -3.63. The number of hydrogen-bond acceptors (Lipinski definition) is 7. The number of piperidine rings is 1. The van der Waals surface area contributed by atoms with Crippen LogP contribution >= 0.6 is 23.4 Å². The summed E-state index contributed by atoms with van der Waals surface area (Å²) in [4.78, 5) is 14.0. The lowest BCUT2D eigenvalue weighted by molar-refractivity contribution is -0.121. The number of nitrogens with zero attached hydrogens (tertiary/aromatic N) is 3. The maximum atomic E-state index is 12.8. The second-order valence-corrected chi connectivity index (χ2v) is 12.3. The minimum absolute atomic E-state index is 0.0260. The van der Waals surface area contributed by atoms with E-state index in [1.165, 1.54) is 16.4 Å². The summed E-state index contributed by atoms with van der Waals surface area (Å²) in [6.07, 6.45) is 0.794. The number of carbonyl (C=O) groups is 1. The molecule has 1 saturated heterocycles. The molecular formula is C23H25ClN4O4S2. The number of nitrogens with one attached hydrogen (secondary N) is 1. The average Bonchev–Trinajstić information content (AvgIpc) is 3.28. The van der Waals surface area contributed by atoms with Crippen molar-refractivity contribution in [1.82, 2.24) is 14.5 Å². The van der Waals surface area contributed by atoms with Crippen LogP contribution in [0.15, 0.2) is 62.7 Å². The molecule has 0 aliphatic carbocycles. The van der Waals surface area contributed by atoms with Crippen molar-refractivity contribution in [2.24, 2.45) is 5.92 Å². The Labute approximate surface area is 208 Å². The minimum Gasteiger partial charge on any atom is -0.403 e. The van der Waals surface area contributed by atoms with Crippen molar-refractivity contribution in [1.29, 1.82) is 0 Å². The van der Waals surface area contributed by atoms with Gasteiger partial charge in [0.1, 0.15) is 0 Å². The molecular weight excluding hydrogens is 496 g/mol. The smallest absolute Gasteiger partial charge is 0.322 e. The van der Waals surface area contributed by atoms with Gasteiger partial charge in [0.15, 0.2) is 0 Å². The van der Waals surface area contributed by atoms with Crippen molar-refractivity contribution in [3.63, 3.8) is 0 Å². The highest BCUT2D eigenvalue weighted by Crippen LogP contribution is 2.29. The summed E-state index contributed by atoms with van der Waals surface area (Å²) in [6, 6.07) is 13.9. The fourth-order valence-electron chi connectivity index (χ4n) is 3.69. The van der Waals surface area contributed by atoms with E-state index in [1.54, 1.807) is 23.9 Å². The topological polar surface area (TPSA) is 105 Å². The number of anilines is 1. The van der Waals surface area contributed by atoms with Gasteiger partial charge < -0.3 is 4.42 Å². The van der Waals surface area contributed by atoms with Gasteiger partial charge >= 0.3 is 6.01 Å². The molecule has 1 N–H and O–H groups in total. The number of rotatable bonds is 7. The van der Waals surface area contributed by atoms with Gasteiger partial charge in [-0.3, -0.25) is 10.1 Å². The standard InChI is InChI=1S/C23H25ClN4O4S2/c1-15(2)33-19-5-3-4-17(14-19)22-26-27-23(32-22)25-21(29)16-10-12-28(13-11-16)34(30,31)20-8-6-18(24)7-9-20/h3-9,14-16H,10-13H2,1-2H3,(H,25,27,29). The van der Waals surface area contributed by atoms with Crippen molar-refractivity contribution in [2.75, 3.05) is 18.4 Å². The lowest BCUT2D eigenvalue weighted by Gasteiger charge is -2.30. The average molecular weight is 521 g/mol. The number of halogens is 1. The summed E-state index contributed by atoms with van der Waals surface area (Å²) in [5.74, 6) is -0.286. The van der Waals surface area contributed by atoms with E-state index in [0.717, 1.165) is 10.5 Å². The van der Waals surface area contributed by atoms with E-state index in [2.05, 4.69) is 29.4 Å². The van der Waals surface area contributed by atoms with Crippen molar-refractivity contribution in [2.45, 2.75) is 41.7 Å². The second kappa shape index (κ2) is 10.5. The van der Waals surface area contributed by atoms with Crippen LogP contribution < -0.4 is 5.32 Å². The van der Waals surface area contributed by atoms with Crippen LogP contribution in [-0.2, 0) is 14.8 Å². The fourth-order valence-corrected chi connectivity index (χ4v) is 6.18. The summed E-state index contributed by atoms with van der Waals surface area (Å²) in [5, 5.41) is 11.6. The van der Waals surface area contributed by atoms with Gasteiger partial charge in [0.05, 0.1) is 4.90 Å². The van der Waals surface area contributed by atoms with Crippen LogP contribution in [0.1, 0.15) is 26.7 Å². The third kappa shape index (κ3) is 5.80. The van der Waals surface area contributed by atoms with Crippen molar-refractivity contribution in [3.05, 3.63) is 53.6 Å². The fraction of sp³-hybridized carbons (Fsp3) is 0.348. The summed E-state index contributed by atoms with van der Waals surface area (Å²) in [5.41, 5.74) is 0.777. The highest BCUT2D eigenvalue weighted by molar-refractivity contribution is 7.99. The highest BCUT2D eigenvalue weighted by atomic mass is 35.5. The maximum Gasteiger partial charge on any atom is 0.322 e. The van der Waals surface area contributed by atoms with Crippen LogP contribution in [-0.4, -0.2) is 47.2 Å². The first-order valence-electron chi connectivity index (χ1n) is 10.9. The van der Waals surface area contributed by atoms with Gasteiger partial charge in [-0.15, -0.1) is 16.9 Å². The van der Waals surface area contributed by atoms with E-state index in [9.17, 15) is 13.2 Å². The SMILES string of the molecule is CC(C)Sc1cccc(-c2nnc(NC(=O)C3CCN(S(=O)(=O)c4ccc(Cl)cc4)CC3)o2)c1. The van der Waals surface area contributed by atoms with Gasteiger partial charge in [0, 0.05) is 39.7 Å². The summed E-state index contributed by atoms with van der Waals surface area (Å²) in [6.45, 7) is 4.74. The molecule has 0 saturated carbocycles. The van der Waals surface area contributed by atoms with Gasteiger partial charge in [-0.05, 0) is 55.3 Å². The molecule has 1 fully saturated rings. The predicted octanol–water partition coefficient (Wildman–Crippen LogP) is 4.93. The lowest BCUT2D eigenvalue weighted by Crippen LogP contribution is -2.41. The zero-order valence-electron chi connectivity index (χ0n) is 18.8. The van der Waals surface area contributed by atoms with Gasteiger partial charge in [0.25, 0.3) is 0 Å². The van der Waals surface area contributed by atoms with Gasteiger partial charge in [-0.2, -0.15) is 4.31 Å². The van der Waals surface area contributed by atoms with E-state index in [-0.39, 0.29) is 35.8 Å². The summed E-state index contributed by atoms with van der Waals surface area (Å²) >= 11 is 7.59. The van der Waals surface area contributed by atoms with Crippen molar-refractivity contribution >= 4 is 45.3 Å². The zero-order chi connectivity index (χ0) is 24.3. The Balaban J connectivity index is 1.35. The van der Waals surface area contributed by atoms with E-state index < -0.39 is 10.0 Å². The number of benzene rings is 2. The van der Waals surface area contributed by atoms with Crippen LogP contribution in [0.5, 0.6) is 0 Å². The van der Waals surface area contributed by atoms with E-state index in [0.29, 0.717) is 29.0 Å². The normalized spacial score (nSPS) is 15.5. The molecule has 0 atom stereocenters. The molecule has 3 aromatic rings. The summed E-state index contributed by atoms with van der Waals surface area (Å²) in [7, 11) is -3.63. The molecule has 1 aliphatic heterocycles. The highest BCUT2D eigenvalue weighted by Gasteiger charge is 2.32. The number of hydrogen-bond donors (Lipinski definition) is 1. The molecule has 0 spiro atoms. The third-order valence-electron chi connectivity index (χ3n) is 5.38. The van der Waals surface area contributed by atoms with Crippen LogP contribution in [0, 0.1) is 5.92 Å². The van der Waals surface area contributed by atoms with Crippen LogP contribution in [0.3, 0.4) is 0 Å². The Hall–Kier alpha value is -2.40. The largest absolute Gasteiger partial charge is 0.403 e. The zero-order valence-corrected chi connectivity index (χ0v) is 21.2. The number of sulfonamides is 1. The van der Waals surface area contributed by atoms with Gasteiger partial charge in [-0.25, -0.2) is 8.42 Å². The quantitative estimate of drug-likeness (QED) is 0.440. The van der Waals surface area contributed by atoms with Gasteiger partial charge in [-0.1, -0.05) is 36.6 Å². The molecule has 11 heteroatoms. The Bertz CT molecular complexity index is 1250. The third-order valence-corrected chi connectivity index (χ3v) is 8.55. The maximum absolute atomic E-state index is 12.8. The summed E-state index contributed by atoms with van der Waals surface area (Å²) < 4.78 is 32.7.